The highest BCUT2D eigenvalue weighted by atomic mass is 19.1. The van der Waals surface area contributed by atoms with Crippen molar-refractivity contribution in [2.45, 2.75) is 26.4 Å². The van der Waals surface area contributed by atoms with Crippen LogP contribution in [-0.2, 0) is 6.42 Å². The molecule has 0 aliphatic heterocycles. The Morgan fingerprint density at radius 1 is 1.08 bits per heavy atom. The molecule has 3 aromatic rings. The molecular weight excluding hydrogens is 305 g/mol. The molecule has 0 saturated heterocycles. The summed E-state index contributed by atoms with van der Waals surface area (Å²) in [6.07, 6.45) is 2.49. The van der Waals surface area contributed by atoms with Crippen LogP contribution in [0.15, 0.2) is 48.8 Å². The summed E-state index contributed by atoms with van der Waals surface area (Å²) in [4.78, 5) is 8.37. The van der Waals surface area contributed by atoms with E-state index in [0.717, 1.165) is 17.7 Å². The van der Waals surface area contributed by atoms with Gasteiger partial charge in [-0.2, -0.15) is 0 Å². The summed E-state index contributed by atoms with van der Waals surface area (Å²) < 4.78 is 19.1. The zero-order valence-electron chi connectivity index (χ0n) is 13.8. The van der Waals surface area contributed by atoms with Gasteiger partial charge >= 0.3 is 0 Å². The van der Waals surface area contributed by atoms with Crippen LogP contribution in [0.3, 0.4) is 0 Å². The number of hydrogen-bond donors (Lipinski definition) is 1. The number of nitrogens with zero attached hydrogens (tertiary/aromatic N) is 2. The lowest BCUT2D eigenvalue weighted by atomic mass is 10.1. The van der Waals surface area contributed by atoms with E-state index >= 15 is 0 Å². The molecule has 1 aromatic heterocycles. The number of fused-ring (bicyclic) bond motifs is 1. The maximum absolute atomic E-state index is 13.4. The van der Waals surface area contributed by atoms with Crippen LogP contribution in [0.5, 0.6) is 5.75 Å². The number of benzene rings is 2. The fraction of sp³-hybridized carbons (Fsp3) is 0.263. The first-order valence-electron chi connectivity index (χ1n) is 8.01. The minimum absolute atomic E-state index is 0.170. The standard InChI is InChI=1S/C19H20FN3O/c1-13(2)24-16-6-3-14(4-7-16)9-10-21-19-17-11-15(20)5-8-18(17)22-12-23-19/h3-8,11-13H,9-10H2,1-2H3,(H,21,22,23). The van der Waals surface area contributed by atoms with Crippen molar-refractivity contribution in [3.63, 3.8) is 0 Å². The monoisotopic (exact) mass is 325 g/mol. The maximum Gasteiger partial charge on any atom is 0.137 e. The molecule has 0 saturated carbocycles. The minimum atomic E-state index is -0.291. The zero-order chi connectivity index (χ0) is 16.9. The zero-order valence-corrected chi connectivity index (χ0v) is 13.8. The Balaban J connectivity index is 1.63. The van der Waals surface area contributed by atoms with Gasteiger partial charge in [-0.05, 0) is 56.2 Å². The predicted molar refractivity (Wildman–Crippen MR) is 93.9 cm³/mol. The van der Waals surface area contributed by atoms with Gasteiger partial charge in [0.15, 0.2) is 0 Å². The molecule has 0 atom stereocenters. The van der Waals surface area contributed by atoms with E-state index in [1.807, 2.05) is 26.0 Å². The van der Waals surface area contributed by atoms with Gasteiger partial charge in [0.2, 0.25) is 0 Å². The lowest BCUT2D eigenvalue weighted by Gasteiger charge is -2.11. The lowest BCUT2D eigenvalue weighted by Crippen LogP contribution is -2.08. The highest BCUT2D eigenvalue weighted by molar-refractivity contribution is 5.88. The SMILES string of the molecule is CC(C)Oc1ccc(CCNc2ncnc3ccc(F)cc23)cc1. The van der Waals surface area contributed by atoms with Crippen molar-refractivity contribution in [3.05, 3.63) is 60.2 Å². The van der Waals surface area contributed by atoms with Crippen molar-refractivity contribution in [2.75, 3.05) is 11.9 Å². The predicted octanol–water partition coefficient (Wildman–Crippen LogP) is 4.21. The molecule has 2 aromatic carbocycles. The summed E-state index contributed by atoms with van der Waals surface area (Å²) in [6, 6.07) is 12.6. The molecule has 3 rings (SSSR count). The summed E-state index contributed by atoms with van der Waals surface area (Å²) in [6.45, 7) is 4.71. The molecule has 0 spiro atoms. The van der Waals surface area contributed by atoms with Crippen LogP contribution in [0, 0.1) is 5.82 Å². The number of ether oxygens (including phenoxy) is 1. The fourth-order valence-electron chi connectivity index (χ4n) is 2.50. The highest BCUT2D eigenvalue weighted by Crippen LogP contribution is 2.20. The van der Waals surface area contributed by atoms with Crippen molar-refractivity contribution < 1.29 is 9.13 Å². The van der Waals surface area contributed by atoms with Crippen molar-refractivity contribution >= 4 is 16.7 Å². The van der Waals surface area contributed by atoms with Crippen LogP contribution in [0.2, 0.25) is 0 Å². The van der Waals surface area contributed by atoms with Crippen LogP contribution in [-0.4, -0.2) is 22.6 Å². The minimum Gasteiger partial charge on any atom is -0.491 e. The molecular formula is C19H20FN3O. The van der Waals surface area contributed by atoms with E-state index in [1.165, 1.54) is 24.0 Å². The number of halogens is 1. The topological polar surface area (TPSA) is 47.0 Å². The van der Waals surface area contributed by atoms with Crippen LogP contribution in [0.1, 0.15) is 19.4 Å². The molecule has 4 nitrogen and oxygen atoms in total. The molecule has 0 aliphatic carbocycles. The van der Waals surface area contributed by atoms with E-state index in [9.17, 15) is 4.39 Å². The Hall–Kier alpha value is -2.69. The Morgan fingerprint density at radius 3 is 2.62 bits per heavy atom. The van der Waals surface area contributed by atoms with Gasteiger partial charge in [0.05, 0.1) is 11.6 Å². The fourth-order valence-corrected chi connectivity index (χ4v) is 2.50. The Bertz CT molecular complexity index is 818. The average Bonchev–Trinajstić information content (AvgIpc) is 2.56. The van der Waals surface area contributed by atoms with E-state index in [1.54, 1.807) is 6.07 Å². The summed E-state index contributed by atoms with van der Waals surface area (Å²) in [7, 11) is 0. The Morgan fingerprint density at radius 2 is 1.88 bits per heavy atom. The molecule has 0 fully saturated rings. The van der Waals surface area contributed by atoms with Gasteiger partial charge in [-0.25, -0.2) is 14.4 Å². The molecule has 0 aliphatic rings. The van der Waals surface area contributed by atoms with Gasteiger partial charge in [-0.1, -0.05) is 12.1 Å². The third kappa shape index (κ3) is 3.98. The van der Waals surface area contributed by atoms with E-state index < -0.39 is 0 Å². The third-order valence-electron chi connectivity index (χ3n) is 3.60. The van der Waals surface area contributed by atoms with Crippen LogP contribution in [0.4, 0.5) is 10.2 Å². The van der Waals surface area contributed by atoms with Gasteiger partial charge in [-0.3, -0.25) is 0 Å². The molecule has 1 heterocycles. The van der Waals surface area contributed by atoms with E-state index in [2.05, 4.69) is 27.4 Å². The summed E-state index contributed by atoms with van der Waals surface area (Å²) in [5.41, 5.74) is 1.92. The molecule has 0 unspecified atom stereocenters. The molecule has 24 heavy (non-hydrogen) atoms. The van der Waals surface area contributed by atoms with E-state index in [0.29, 0.717) is 17.7 Å². The van der Waals surface area contributed by atoms with Crippen molar-refractivity contribution in [1.82, 2.24) is 9.97 Å². The molecule has 1 N–H and O–H groups in total. The van der Waals surface area contributed by atoms with Crippen LogP contribution >= 0.6 is 0 Å². The second-order valence-corrected chi connectivity index (χ2v) is 5.87. The third-order valence-corrected chi connectivity index (χ3v) is 3.60. The van der Waals surface area contributed by atoms with Crippen LogP contribution in [0.25, 0.3) is 10.9 Å². The molecule has 0 bridgehead atoms. The van der Waals surface area contributed by atoms with Gasteiger partial charge < -0.3 is 10.1 Å². The van der Waals surface area contributed by atoms with Gasteiger partial charge in [0.1, 0.15) is 23.7 Å². The molecule has 5 heteroatoms. The van der Waals surface area contributed by atoms with Crippen molar-refractivity contribution in [1.29, 1.82) is 0 Å². The summed E-state index contributed by atoms with van der Waals surface area (Å²) in [5.74, 6) is 1.24. The first kappa shape index (κ1) is 16.2. The van der Waals surface area contributed by atoms with Crippen molar-refractivity contribution in [3.8, 4) is 5.75 Å². The largest absolute Gasteiger partial charge is 0.491 e. The first-order valence-corrected chi connectivity index (χ1v) is 8.01. The van der Waals surface area contributed by atoms with Gasteiger partial charge in [0, 0.05) is 11.9 Å². The quantitative estimate of drug-likeness (QED) is 0.737. The highest BCUT2D eigenvalue weighted by Gasteiger charge is 2.05. The average molecular weight is 325 g/mol. The number of aromatic nitrogens is 2. The molecule has 0 radical (unpaired) electrons. The molecule has 124 valence electrons. The van der Waals surface area contributed by atoms with Crippen LogP contribution < -0.4 is 10.1 Å². The lowest BCUT2D eigenvalue weighted by molar-refractivity contribution is 0.242. The van der Waals surface area contributed by atoms with Crippen molar-refractivity contribution in [2.24, 2.45) is 0 Å². The maximum atomic E-state index is 13.4. The van der Waals surface area contributed by atoms with Gasteiger partial charge in [-0.15, -0.1) is 0 Å². The second-order valence-electron chi connectivity index (χ2n) is 5.87. The number of hydrogen-bond acceptors (Lipinski definition) is 4. The first-order chi connectivity index (χ1) is 11.6. The number of rotatable bonds is 6. The number of anilines is 1. The smallest absolute Gasteiger partial charge is 0.137 e. The Kier molecular flexibility index (Phi) is 4.89. The Labute approximate surface area is 140 Å². The normalized spacial score (nSPS) is 11.0. The van der Waals surface area contributed by atoms with Gasteiger partial charge in [0.25, 0.3) is 0 Å². The second kappa shape index (κ2) is 7.25. The summed E-state index contributed by atoms with van der Waals surface area (Å²) >= 11 is 0. The van der Waals surface area contributed by atoms with E-state index in [4.69, 9.17) is 4.74 Å². The number of nitrogens with one attached hydrogen (secondary N) is 1. The molecule has 0 amide bonds. The summed E-state index contributed by atoms with van der Waals surface area (Å²) in [5, 5.41) is 3.95. The van der Waals surface area contributed by atoms with E-state index in [-0.39, 0.29) is 11.9 Å².